The molecule has 0 aliphatic carbocycles. The van der Waals surface area contributed by atoms with E-state index in [1.165, 1.54) is 22.1 Å². The van der Waals surface area contributed by atoms with Gasteiger partial charge in [0.15, 0.2) is 5.78 Å². The number of nitrogens with one attached hydrogen (secondary N) is 1. The molecule has 1 atom stereocenters. The van der Waals surface area contributed by atoms with Crippen molar-refractivity contribution < 1.29 is 4.79 Å². The van der Waals surface area contributed by atoms with Crippen molar-refractivity contribution in [2.24, 2.45) is 0 Å². The molecule has 0 bridgehead atoms. The molecule has 1 N–H and O–H groups in total. The van der Waals surface area contributed by atoms with Gasteiger partial charge in [-0.3, -0.25) is 4.79 Å². The lowest BCUT2D eigenvalue weighted by molar-refractivity contribution is 0.0978. The van der Waals surface area contributed by atoms with Gasteiger partial charge in [0.1, 0.15) is 0 Å². The predicted octanol–water partition coefficient (Wildman–Crippen LogP) is 5.88. The van der Waals surface area contributed by atoms with Gasteiger partial charge < -0.3 is 4.98 Å². The summed E-state index contributed by atoms with van der Waals surface area (Å²) in [6, 6.07) is 26.3. The molecule has 0 spiro atoms. The van der Waals surface area contributed by atoms with Crippen LogP contribution in [0, 0.1) is 6.92 Å². The van der Waals surface area contributed by atoms with Crippen LogP contribution < -0.4 is 0 Å². The molecule has 0 fully saturated rings. The van der Waals surface area contributed by atoms with Crippen LogP contribution in [0.4, 0.5) is 0 Å². The molecule has 2 heteroatoms. The first-order valence-corrected chi connectivity index (χ1v) is 8.93. The number of Topliss-reactive ketones (excluding diaryl/α,β-unsaturated/α-hetero) is 1. The number of fused-ring (bicyclic) bond motifs is 1. The van der Waals surface area contributed by atoms with E-state index in [1.54, 1.807) is 0 Å². The fourth-order valence-corrected chi connectivity index (χ4v) is 3.57. The molecule has 0 saturated carbocycles. The minimum absolute atomic E-state index is 0.0281. The minimum atomic E-state index is 0.0281. The maximum atomic E-state index is 12.9. The number of aromatic amines is 1. The number of carbonyl (C=O) groups excluding carboxylic acids is 1. The van der Waals surface area contributed by atoms with E-state index >= 15 is 0 Å². The molecule has 3 aromatic carbocycles. The SMILES string of the molecule is Cc1ccc2c(C(CC(=O)c3ccccc3)c3ccccc3)c[nH]c2c1. The molecule has 0 saturated heterocycles. The average Bonchev–Trinajstić information content (AvgIpc) is 3.10. The van der Waals surface area contributed by atoms with E-state index in [0.717, 1.165) is 11.1 Å². The van der Waals surface area contributed by atoms with Gasteiger partial charge in [0.25, 0.3) is 0 Å². The van der Waals surface area contributed by atoms with Gasteiger partial charge in [-0.1, -0.05) is 72.8 Å². The lowest BCUT2D eigenvalue weighted by Crippen LogP contribution is -2.09. The van der Waals surface area contributed by atoms with Crippen molar-refractivity contribution in [1.29, 1.82) is 0 Å². The summed E-state index contributed by atoms with van der Waals surface area (Å²) in [5.41, 5.74) is 5.45. The number of aryl methyl sites for hydroxylation is 1. The Labute approximate surface area is 153 Å². The lowest BCUT2D eigenvalue weighted by atomic mass is 9.85. The summed E-state index contributed by atoms with van der Waals surface area (Å²) in [6.45, 7) is 2.09. The van der Waals surface area contributed by atoms with E-state index in [2.05, 4.69) is 48.4 Å². The van der Waals surface area contributed by atoms with Gasteiger partial charge in [0.2, 0.25) is 0 Å². The molecule has 4 rings (SSSR count). The fourth-order valence-electron chi connectivity index (χ4n) is 3.57. The number of rotatable bonds is 5. The molecule has 4 aromatic rings. The van der Waals surface area contributed by atoms with Crippen molar-refractivity contribution in [1.82, 2.24) is 4.98 Å². The third-order valence-corrected chi connectivity index (χ3v) is 4.93. The van der Waals surface area contributed by atoms with Crippen molar-refractivity contribution >= 4 is 16.7 Å². The van der Waals surface area contributed by atoms with Gasteiger partial charge >= 0.3 is 0 Å². The van der Waals surface area contributed by atoms with Crippen LogP contribution in [0.5, 0.6) is 0 Å². The quantitative estimate of drug-likeness (QED) is 0.452. The number of ketones is 1. The summed E-state index contributed by atoms with van der Waals surface area (Å²) in [7, 11) is 0. The second kappa shape index (κ2) is 7.01. The Kier molecular flexibility index (Phi) is 4.40. The lowest BCUT2D eigenvalue weighted by Gasteiger charge is -2.17. The average molecular weight is 339 g/mol. The number of carbonyl (C=O) groups is 1. The predicted molar refractivity (Wildman–Crippen MR) is 107 cm³/mol. The van der Waals surface area contributed by atoms with Gasteiger partial charge in [0, 0.05) is 35.0 Å². The normalized spacial score (nSPS) is 12.2. The molecule has 0 radical (unpaired) electrons. The van der Waals surface area contributed by atoms with Crippen molar-refractivity contribution in [2.45, 2.75) is 19.3 Å². The number of benzene rings is 3. The third kappa shape index (κ3) is 3.18. The van der Waals surface area contributed by atoms with Gasteiger partial charge in [-0.2, -0.15) is 0 Å². The van der Waals surface area contributed by atoms with Crippen molar-refractivity contribution in [3.63, 3.8) is 0 Å². The zero-order valence-electron chi connectivity index (χ0n) is 14.8. The van der Waals surface area contributed by atoms with Gasteiger partial charge in [-0.15, -0.1) is 0 Å². The summed E-state index contributed by atoms with van der Waals surface area (Å²) in [5.74, 6) is 0.196. The number of H-pyrrole nitrogens is 1. The van der Waals surface area contributed by atoms with Gasteiger partial charge in [0.05, 0.1) is 0 Å². The smallest absolute Gasteiger partial charge is 0.163 e. The molecule has 26 heavy (non-hydrogen) atoms. The third-order valence-electron chi connectivity index (χ3n) is 4.93. The topological polar surface area (TPSA) is 32.9 Å². The molecule has 1 heterocycles. The Bertz CT molecular complexity index is 1030. The monoisotopic (exact) mass is 339 g/mol. The Morgan fingerprint density at radius 1 is 0.923 bits per heavy atom. The van der Waals surface area contributed by atoms with Crippen LogP contribution in [-0.4, -0.2) is 10.8 Å². The molecular weight excluding hydrogens is 318 g/mol. The Hall–Kier alpha value is -3.13. The van der Waals surface area contributed by atoms with Gasteiger partial charge in [-0.25, -0.2) is 0 Å². The van der Waals surface area contributed by atoms with E-state index < -0.39 is 0 Å². The van der Waals surface area contributed by atoms with Crippen molar-refractivity contribution in [3.8, 4) is 0 Å². The minimum Gasteiger partial charge on any atom is -0.361 e. The standard InChI is InChI=1S/C24H21NO/c1-17-12-13-20-22(16-25-23(20)14-17)21(18-8-4-2-5-9-18)15-24(26)19-10-6-3-7-11-19/h2-14,16,21,25H,15H2,1H3. The highest BCUT2D eigenvalue weighted by Gasteiger charge is 2.22. The van der Waals surface area contributed by atoms with E-state index in [9.17, 15) is 4.79 Å². The maximum absolute atomic E-state index is 12.9. The first-order chi connectivity index (χ1) is 12.7. The van der Waals surface area contributed by atoms with Gasteiger partial charge in [-0.05, 0) is 29.7 Å². The van der Waals surface area contributed by atoms with Crippen molar-refractivity contribution in [2.75, 3.05) is 0 Å². The molecule has 0 aliphatic heterocycles. The van der Waals surface area contributed by atoms with E-state index in [4.69, 9.17) is 0 Å². The first-order valence-electron chi connectivity index (χ1n) is 8.93. The second-order valence-electron chi connectivity index (χ2n) is 6.75. The summed E-state index contributed by atoms with van der Waals surface area (Å²) in [5, 5.41) is 1.19. The number of hydrogen-bond donors (Lipinski definition) is 1. The zero-order chi connectivity index (χ0) is 17.9. The van der Waals surface area contributed by atoms with Crippen LogP contribution in [0.2, 0.25) is 0 Å². The molecule has 0 aliphatic rings. The van der Waals surface area contributed by atoms with Crippen LogP contribution in [-0.2, 0) is 0 Å². The molecule has 1 aromatic heterocycles. The van der Waals surface area contributed by atoms with E-state index in [0.29, 0.717) is 6.42 Å². The Morgan fingerprint density at radius 3 is 2.35 bits per heavy atom. The second-order valence-corrected chi connectivity index (χ2v) is 6.75. The first kappa shape index (κ1) is 16.3. The summed E-state index contributed by atoms with van der Waals surface area (Å²) >= 11 is 0. The van der Waals surface area contributed by atoms with Crippen LogP contribution in [0.1, 0.15) is 39.4 Å². The largest absolute Gasteiger partial charge is 0.361 e. The van der Waals surface area contributed by atoms with Crippen LogP contribution >= 0.6 is 0 Å². The zero-order valence-corrected chi connectivity index (χ0v) is 14.8. The van der Waals surface area contributed by atoms with Crippen molar-refractivity contribution in [3.05, 3.63) is 107 Å². The maximum Gasteiger partial charge on any atom is 0.163 e. The Balaban J connectivity index is 1.77. The fraction of sp³-hybridized carbons (Fsp3) is 0.125. The number of aromatic nitrogens is 1. The highest BCUT2D eigenvalue weighted by atomic mass is 16.1. The molecule has 1 unspecified atom stereocenters. The highest BCUT2D eigenvalue weighted by Crippen LogP contribution is 2.34. The molecule has 128 valence electrons. The van der Waals surface area contributed by atoms with E-state index in [1.807, 2.05) is 48.5 Å². The Morgan fingerprint density at radius 2 is 1.62 bits per heavy atom. The van der Waals surface area contributed by atoms with Crippen LogP contribution in [0.3, 0.4) is 0 Å². The molecule has 2 nitrogen and oxygen atoms in total. The number of hydrogen-bond acceptors (Lipinski definition) is 1. The molecular formula is C24H21NO. The van der Waals surface area contributed by atoms with Crippen LogP contribution in [0.15, 0.2) is 85.1 Å². The summed E-state index contributed by atoms with van der Waals surface area (Å²) in [6.07, 6.45) is 2.51. The highest BCUT2D eigenvalue weighted by molar-refractivity contribution is 5.97. The summed E-state index contributed by atoms with van der Waals surface area (Å²) < 4.78 is 0. The van der Waals surface area contributed by atoms with E-state index in [-0.39, 0.29) is 11.7 Å². The van der Waals surface area contributed by atoms with Crippen LogP contribution in [0.25, 0.3) is 10.9 Å². The summed E-state index contributed by atoms with van der Waals surface area (Å²) in [4.78, 5) is 16.3. The molecule has 0 amide bonds.